The van der Waals surface area contributed by atoms with E-state index in [9.17, 15) is 4.79 Å². The Labute approximate surface area is 151 Å². The van der Waals surface area contributed by atoms with Crippen molar-refractivity contribution < 1.29 is 4.79 Å². The molecule has 0 radical (unpaired) electrons. The molecule has 24 heavy (non-hydrogen) atoms. The van der Waals surface area contributed by atoms with Crippen molar-refractivity contribution >= 4 is 33.2 Å². The summed E-state index contributed by atoms with van der Waals surface area (Å²) in [6.07, 6.45) is 3.87. The molecule has 4 nitrogen and oxygen atoms in total. The molecule has 126 valence electrons. The van der Waals surface area contributed by atoms with Crippen LogP contribution in [0.25, 0.3) is 0 Å². The smallest absolute Gasteiger partial charge is 0.272 e. The number of aromatic nitrogens is 1. The molecule has 0 saturated carbocycles. The van der Waals surface area contributed by atoms with Crippen LogP contribution in [-0.4, -0.2) is 28.9 Å². The number of piperidine rings is 1. The number of benzene rings is 1. The van der Waals surface area contributed by atoms with Crippen molar-refractivity contribution in [1.82, 2.24) is 9.88 Å². The molecular formula is C19H22BrN3O. The average molecular weight is 388 g/mol. The Bertz CT molecular complexity index is 722. The van der Waals surface area contributed by atoms with Crippen molar-refractivity contribution in [1.29, 1.82) is 0 Å². The fraction of sp³-hybridized carbons (Fsp3) is 0.368. The summed E-state index contributed by atoms with van der Waals surface area (Å²) in [6, 6.07) is 9.83. The second kappa shape index (κ2) is 7.34. The van der Waals surface area contributed by atoms with Gasteiger partial charge >= 0.3 is 0 Å². The van der Waals surface area contributed by atoms with Gasteiger partial charge in [-0.25, -0.2) is 4.98 Å². The summed E-state index contributed by atoms with van der Waals surface area (Å²) in [5.41, 5.74) is 3.55. The highest BCUT2D eigenvalue weighted by Gasteiger charge is 2.22. The molecule has 2 heterocycles. The Morgan fingerprint density at radius 1 is 1.25 bits per heavy atom. The SMILES string of the molecule is Cc1ccc(Nc2ccc(C(=O)N3CCC(C)CC3)nc2)c(Br)c1. The largest absolute Gasteiger partial charge is 0.353 e. The van der Waals surface area contributed by atoms with Crippen LogP contribution in [0.2, 0.25) is 0 Å². The van der Waals surface area contributed by atoms with Crippen molar-refractivity contribution in [2.45, 2.75) is 26.7 Å². The standard InChI is InChI=1S/C19H22BrN3O/c1-13-7-9-23(10-8-13)19(24)18-6-4-15(12-21-18)22-17-5-3-14(2)11-16(17)20/h3-6,11-13,22H,7-10H2,1-2H3. The van der Waals surface area contributed by atoms with Gasteiger partial charge in [0, 0.05) is 17.6 Å². The second-order valence-corrected chi connectivity index (χ2v) is 7.37. The van der Waals surface area contributed by atoms with E-state index >= 15 is 0 Å². The molecule has 0 atom stereocenters. The molecule has 1 N–H and O–H groups in total. The maximum absolute atomic E-state index is 12.5. The van der Waals surface area contributed by atoms with Gasteiger partial charge in [0.2, 0.25) is 0 Å². The third-order valence-corrected chi connectivity index (χ3v) is 5.11. The van der Waals surface area contributed by atoms with Crippen LogP contribution in [0, 0.1) is 12.8 Å². The van der Waals surface area contributed by atoms with Gasteiger partial charge in [-0.05, 0) is 71.4 Å². The van der Waals surface area contributed by atoms with Crippen LogP contribution in [0.3, 0.4) is 0 Å². The highest BCUT2D eigenvalue weighted by molar-refractivity contribution is 9.10. The first-order valence-corrected chi connectivity index (χ1v) is 9.11. The molecule has 1 aromatic carbocycles. The van der Waals surface area contributed by atoms with E-state index in [4.69, 9.17) is 0 Å². The van der Waals surface area contributed by atoms with Gasteiger partial charge in [0.15, 0.2) is 0 Å². The number of pyridine rings is 1. The molecule has 1 amide bonds. The van der Waals surface area contributed by atoms with Crippen LogP contribution in [0.4, 0.5) is 11.4 Å². The highest BCUT2D eigenvalue weighted by atomic mass is 79.9. The van der Waals surface area contributed by atoms with E-state index in [0.717, 1.165) is 41.8 Å². The molecule has 5 heteroatoms. The first-order chi connectivity index (χ1) is 11.5. The Hall–Kier alpha value is -1.88. The van der Waals surface area contributed by atoms with Crippen molar-refractivity contribution in [3.05, 3.63) is 52.3 Å². The van der Waals surface area contributed by atoms with Crippen molar-refractivity contribution in [3.63, 3.8) is 0 Å². The lowest BCUT2D eigenvalue weighted by molar-refractivity contribution is 0.0691. The van der Waals surface area contributed by atoms with Gasteiger partial charge in [-0.2, -0.15) is 0 Å². The summed E-state index contributed by atoms with van der Waals surface area (Å²) in [5.74, 6) is 0.742. The number of nitrogens with one attached hydrogen (secondary N) is 1. The molecule has 1 aliphatic heterocycles. The van der Waals surface area contributed by atoms with E-state index in [1.807, 2.05) is 17.0 Å². The Kier molecular flexibility index (Phi) is 5.19. The number of amides is 1. The maximum atomic E-state index is 12.5. The quantitative estimate of drug-likeness (QED) is 0.824. The molecular weight excluding hydrogens is 366 g/mol. The predicted octanol–water partition coefficient (Wildman–Crippen LogP) is 4.77. The zero-order valence-corrected chi connectivity index (χ0v) is 15.6. The molecule has 1 aliphatic rings. The Morgan fingerprint density at radius 3 is 2.62 bits per heavy atom. The zero-order chi connectivity index (χ0) is 17.1. The number of aryl methyl sites for hydroxylation is 1. The number of carbonyl (C=O) groups excluding carboxylic acids is 1. The fourth-order valence-electron chi connectivity index (χ4n) is 2.85. The summed E-state index contributed by atoms with van der Waals surface area (Å²) in [5, 5.41) is 3.32. The second-order valence-electron chi connectivity index (χ2n) is 6.52. The molecule has 0 aliphatic carbocycles. The third kappa shape index (κ3) is 3.96. The van der Waals surface area contributed by atoms with Gasteiger partial charge in [0.1, 0.15) is 5.69 Å². The topological polar surface area (TPSA) is 45.2 Å². The van der Waals surface area contributed by atoms with Crippen LogP contribution >= 0.6 is 15.9 Å². The van der Waals surface area contributed by atoms with Gasteiger partial charge in [0.25, 0.3) is 5.91 Å². The molecule has 1 saturated heterocycles. The summed E-state index contributed by atoms with van der Waals surface area (Å²) < 4.78 is 1.00. The first-order valence-electron chi connectivity index (χ1n) is 8.31. The molecule has 1 fully saturated rings. The lowest BCUT2D eigenvalue weighted by Crippen LogP contribution is -2.38. The van der Waals surface area contributed by atoms with Crippen LogP contribution in [-0.2, 0) is 0 Å². The van der Waals surface area contributed by atoms with Gasteiger partial charge < -0.3 is 10.2 Å². The summed E-state index contributed by atoms with van der Waals surface area (Å²) in [4.78, 5) is 18.8. The van der Waals surface area contributed by atoms with Gasteiger partial charge in [-0.1, -0.05) is 13.0 Å². The monoisotopic (exact) mass is 387 g/mol. The zero-order valence-electron chi connectivity index (χ0n) is 14.1. The van der Waals surface area contributed by atoms with Crippen molar-refractivity contribution in [2.75, 3.05) is 18.4 Å². The fourth-order valence-corrected chi connectivity index (χ4v) is 3.44. The summed E-state index contributed by atoms with van der Waals surface area (Å²) in [7, 11) is 0. The molecule has 0 unspecified atom stereocenters. The van der Waals surface area contributed by atoms with Gasteiger partial charge in [-0.3, -0.25) is 4.79 Å². The Balaban J connectivity index is 1.68. The number of hydrogen-bond acceptors (Lipinski definition) is 3. The lowest BCUT2D eigenvalue weighted by Gasteiger charge is -2.30. The number of carbonyl (C=O) groups is 1. The molecule has 2 aromatic rings. The molecule has 3 rings (SSSR count). The average Bonchev–Trinajstić information content (AvgIpc) is 2.58. The van der Waals surface area contributed by atoms with Crippen LogP contribution < -0.4 is 5.32 Å². The van der Waals surface area contributed by atoms with Crippen LogP contribution in [0.1, 0.15) is 35.8 Å². The summed E-state index contributed by atoms with van der Waals surface area (Å²) in [6.45, 7) is 5.96. The van der Waals surface area contributed by atoms with E-state index in [0.29, 0.717) is 11.6 Å². The first kappa shape index (κ1) is 17.0. The molecule has 1 aromatic heterocycles. The number of halogens is 1. The highest BCUT2D eigenvalue weighted by Crippen LogP contribution is 2.26. The van der Waals surface area contributed by atoms with E-state index in [2.05, 4.69) is 52.2 Å². The molecule has 0 spiro atoms. The number of likely N-dealkylation sites (tertiary alicyclic amines) is 1. The maximum Gasteiger partial charge on any atom is 0.272 e. The van der Waals surface area contributed by atoms with Crippen LogP contribution in [0.5, 0.6) is 0 Å². The van der Waals surface area contributed by atoms with E-state index in [-0.39, 0.29) is 5.91 Å². The predicted molar refractivity (Wildman–Crippen MR) is 101 cm³/mol. The van der Waals surface area contributed by atoms with E-state index < -0.39 is 0 Å². The lowest BCUT2D eigenvalue weighted by atomic mass is 9.99. The minimum atomic E-state index is 0.0324. The normalized spacial score (nSPS) is 15.4. The summed E-state index contributed by atoms with van der Waals surface area (Å²) >= 11 is 3.56. The number of hydrogen-bond donors (Lipinski definition) is 1. The molecule has 0 bridgehead atoms. The third-order valence-electron chi connectivity index (χ3n) is 4.46. The van der Waals surface area contributed by atoms with E-state index in [1.54, 1.807) is 12.3 Å². The minimum Gasteiger partial charge on any atom is -0.353 e. The van der Waals surface area contributed by atoms with Crippen molar-refractivity contribution in [3.8, 4) is 0 Å². The Morgan fingerprint density at radius 2 is 2.00 bits per heavy atom. The minimum absolute atomic E-state index is 0.0324. The number of nitrogens with zero attached hydrogens (tertiary/aromatic N) is 2. The number of rotatable bonds is 3. The van der Waals surface area contributed by atoms with Gasteiger partial charge in [0.05, 0.1) is 17.6 Å². The van der Waals surface area contributed by atoms with Crippen molar-refractivity contribution in [2.24, 2.45) is 5.92 Å². The van der Waals surface area contributed by atoms with Crippen LogP contribution in [0.15, 0.2) is 41.0 Å². The number of anilines is 2. The van der Waals surface area contributed by atoms with E-state index in [1.165, 1.54) is 5.56 Å². The van der Waals surface area contributed by atoms with Gasteiger partial charge in [-0.15, -0.1) is 0 Å².